The molecule has 1 fully saturated rings. The second-order valence-electron chi connectivity index (χ2n) is 5.71. The third kappa shape index (κ3) is 4.22. The summed E-state index contributed by atoms with van der Waals surface area (Å²) in [4.78, 5) is 15.2. The van der Waals surface area contributed by atoms with Crippen LogP contribution in [0.4, 0.5) is 5.69 Å². The fraction of sp³-hybridized carbons (Fsp3) is 0.500. The van der Waals surface area contributed by atoms with Crippen molar-refractivity contribution in [1.82, 2.24) is 5.32 Å². The second-order valence-corrected chi connectivity index (χ2v) is 7.22. The summed E-state index contributed by atoms with van der Waals surface area (Å²) in [7, 11) is 0. The first-order chi connectivity index (χ1) is 12.6. The van der Waals surface area contributed by atoms with Gasteiger partial charge in [-0.1, -0.05) is 51.5 Å². The van der Waals surface area contributed by atoms with Crippen molar-refractivity contribution in [2.24, 2.45) is 5.11 Å². The maximum Gasteiger partial charge on any atom is 0.254 e. The molecule has 5 atom stereocenters. The van der Waals surface area contributed by atoms with Crippen LogP contribution in [0.25, 0.3) is 10.4 Å². The van der Waals surface area contributed by atoms with Crippen LogP contribution in [-0.2, 0) is 4.74 Å². The van der Waals surface area contributed by atoms with Crippen LogP contribution in [0, 0.1) is 0 Å². The molecule has 2 unspecified atom stereocenters. The molecule has 1 amide bonds. The van der Waals surface area contributed by atoms with Crippen LogP contribution in [-0.4, -0.2) is 58.3 Å². The van der Waals surface area contributed by atoms with Gasteiger partial charge in [-0.3, -0.25) is 4.79 Å². The van der Waals surface area contributed by atoms with Gasteiger partial charge in [-0.15, -0.1) is 0 Å². The Morgan fingerprint density at radius 3 is 2.22 bits per heavy atom. The zero-order chi connectivity index (χ0) is 20.5. The van der Waals surface area contributed by atoms with Crippen LogP contribution in [0.2, 0.25) is 20.1 Å². The molecule has 1 aromatic carbocycles. The number of hydrogen-bond acceptors (Lipinski definition) is 6. The number of azide groups is 1. The van der Waals surface area contributed by atoms with E-state index in [1.54, 1.807) is 0 Å². The minimum Gasteiger partial charge on any atom is -0.394 e. The third-order valence-corrected chi connectivity index (χ3v) is 5.77. The van der Waals surface area contributed by atoms with E-state index in [4.69, 9.17) is 61.8 Å². The zero-order valence-corrected chi connectivity index (χ0v) is 16.6. The van der Waals surface area contributed by atoms with Crippen LogP contribution >= 0.6 is 46.4 Å². The van der Waals surface area contributed by atoms with Crippen molar-refractivity contribution in [3.63, 3.8) is 0 Å². The molecule has 4 N–H and O–H groups in total. The maximum atomic E-state index is 12.7. The first-order valence-corrected chi connectivity index (χ1v) is 9.01. The number of carbonyl (C=O) groups excluding carboxylic acids is 1. The summed E-state index contributed by atoms with van der Waals surface area (Å²) in [6.07, 6.45) is -4.61. The van der Waals surface area contributed by atoms with E-state index in [1.807, 2.05) is 0 Å². The number of ether oxygens (including phenoxy) is 1. The molecule has 0 aromatic heterocycles. The molecule has 0 radical (unpaired) electrons. The molecular formula is C14H14Cl4N4O5. The smallest absolute Gasteiger partial charge is 0.254 e. The molecule has 0 spiro atoms. The Morgan fingerprint density at radius 2 is 1.74 bits per heavy atom. The van der Waals surface area contributed by atoms with E-state index < -0.39 is 43.0 Å². The Morgan fingerprint density at radius 1 is 1.19 bits per heavy atom. The van der Waals surface area contributed by atoms with Gasteiger partial charge >= 0.3 is 0 Å². The molecule has 2 rings (SSSR count). The van der Waals surface area contributed by atoms with Gasteiger partial charge in [0.15, 0.2) is 0 Å². The first kappa shape index (κ1) is 22.3. The maximum absolute atomic E-state index is 12.7. The summed E-state index contributed by atoms with van der Waals surface area (Å²) in [5, 5.41) is 34.0. The van der Waals surface area contributed by atoms with Crippen LogP contribution in [0.3, 0.4) is 0 Å². The van der Waals surface area contributed by atoms with E-state index in [0.717, 1.165) is 0 Å². The standard InChI is InChI=1S/C14H14Cl4N4O5/c1-3-10(13(25)12(24)4(2-23)27-3)20-14(26)5-6(15)8(17)11(21-22-19)9(18)7(5)16/h3-4,10,12-13,23-25H,2H2,1H3,(H,20,26)/t3-,4?,10?,12+,13-/m1/s1. The van der Waals surface area contributed by atoms with E-state index in [1.165, 1.54) is 6.92 Å². The molecule has 27 heavy (non-hydrogen) atoms. The van der Waals surface area contributed by atoms with Crippen LogP contribution < -0.4 is 5.32 Å². The summed E-state index contributed by atoms with van der Waals surface area (Å²) in [6, 6.07) is -1.04. The van der Waals surface area contributed by atoms with Gasteiger partial charge in [-0.2, -0.15) is 0 Å². The van der Waals surface area contributed by atoms with Crippen molar-refractivity contribution in [3.05, 3.63) is 36.1 Å². The summed E-state index contributed by atoms with van der Waals surface area (Å²) in [5.41, 5.74) is 8.03. The minimum atomic E-state index is -1.43. The molecule has 0 aliphatic carbocycles. The Bertz CT molecular complexity index is 775. The van der Waals surface area contributed by atoms with Gasteiger partial charge in [0.2, 0.25) is 0 Å². The van der Waals surface area contributed by atoms with Gasteiger partial charge in [0.05, 0.1) is 50.1 Å². The molecule has 0 bridgehead atoms. The fourth-order valence-corrected chi connectivity index (χ4v) is 3.77. The Balaban J connectivity index is 2.38. The molecule has 148 valence electrons. The fourth-order valence-electron chi connectivity index (χ4n) is 2.68. The van der Waals surface area contributed by atoms with Crippen molar-refractivity contribution in [2.75, 3.05) is 6.61 Å². The lowest BCUT2D eigenvalue weighted by molar-refractivity contribution is -0.187. The second kappa shape index (κ2) is 9.00. The number of hydrogen-bond donors (Lipinski definition) is 4. The number of halogens is 4. The van der Waals surface area contributed by atoms with Gasteiger partial charge in [-0.05, 0) is 12.5 Å². The van der Waals surface area contributed by atoms with E-state index in [0.29, 0.717) is 0 Å². The van der Waals surface area contributed by atoms with Gasteiger partial charge in [-0.25, -0.2) is 0 Å². The molecule has 0 saturated carbocycles. The van der Waals surface area contributed by atoms with E-state index in [-0.39, 0.29) is 31.3 Å². The SMILES string of the molecule is C[C@H]1OC(CO)[C@H](O)[C@H](O)C1NC(=O)c1c(Cl)c(Cl)c(N=[N+]=[N-])c(Cl)c1Cl. The third-order valence-electron chi connectivity index (χ3n) is 4.08. The lowest BCUT2D eigenvalue weighted by Crippen LogP contribution is -2.63. The predicted molar refractivity (Wildman–Crippen MR) is 100.0 cm³/mol. The number of aliphatic hydroxyl groups excluding tert-OH is 3. The van der Waals surface area contributed by atoms with E-state index in [9.17, 15) is 15.0 Å². The highest BCUT2D eigenvalue weighted by Gasteiger charge is 2.43. The van der Waals surface area contributed by atoms with Crippen LogP contribution in [0.1, 0.15) is 17.3 Å². The average molecular weight is 460 g/mol. The van der Waals surface area contributed by atoms with E-state index in [2.05, 4.69) is 15.3 Å². The summed E-state index contributed by atoms with van der Waals surface area (Å²) in [6.45, 7) is 1.03. The molecule has 1 aliphatic heterocycles. The topological polar surface area (TPSA) is 148 Å². The summed E-state index contributed by atoms with van der Waals surface area (Å²) < 4.78 is 5.38. The lowest BCUT2D eigenvalue weighted by atomic mass is 9.93. The van der Waals surface area contributed by atoms with Crippen molar-refractivity contribution < 1.29 is 24.9 Å². The molecular weight excluding hydrogens is 446 g/mol. The Labute approximate surface area is 173 Å². The normalized spacial score (nSPS) is 27.8. The number of amides is 1. The number of rotatable bonds is 4. The number of nitrogens with one attached hydrogen (secondary N) is 1. The number of aliphatic hydroxyl groups is 3. The number of nitrogens with zero attached hydrogens (tertiary/aromatic N) is 3. The lowest BCUT2D eigenvalue weighted by Gasteiger charge is -2.41. The van der Waals surface area contributed by atoms with Crippen molar-refractivity contribution in [2.45, 2.75) is 37.4 Å². The molecule has 1 aliphatic rings. The van der Waals surface area contributed by atoms with Gasteiger partial charge in [0.1, 0.15) is 18.3 Å². The van der Waals surface area contributed by atoms with Crippen molar-refractivity contribution >= 4 is 58.0 Å². The molecule has 9 nitrogen and oxygen atoms in total. The van der Waals surface area contributed by atoms with Crippen LogP contribution in [0.5, 0.6) is 0 Å². The van der Waals surface area contributed by atoms with Gasteiger partial charge in [0, 0.05) is 4.91 Å². The highest BCUT2D eigenvalue weighted by Crippen LogP contribution is 2.46. The molecule has 1 heterocycles. The highest BCUT2D eigenvalue weighted by atomic mass is 35.5. The van der Waals surface area contributed by atoms with Crippen molar-refractivity contribution in [1.29, 1.82) is 0 Å². The Kier molecular flexibility index (Phi) is 7.43. The number of carbonyl (C=O) groups is 1. The first-order valence-electron chi connectivity index (χ1n) is 7.50. The van der Waals surface area contributed by atoms with Crippen LogP contribution in [0.15, 0.2) is 5.11 Å². The zero-order valence-electron chi connectivity index (χ0n) is 13.6. The number of benzene rings is 1. The summed E-state index contributed by atoms with van der Waals surface area (Å²) >= 11 is 24.1. The average Bonchev–Trinajstić information content (AvgIpc) is 2.63. The minimum absolute atomic E-state index is 0.233. The molecule has 1 aromatic rings. The van der Waals surface area contributed by atoms with Gasteiger partial charge in [0.25, 0.3) is 5.91 Å². The quantitative estimate of drug-likeness (QED) is 0.236. The summed E-state index contributed by atoms with van der Waals surface area (Å²) in [5.74, 6) is -0.851. The predicted octanol–water partition coefficient (Wildman–Crippen LogP) is 2.84. The van der Waals surface area contributed by atoms with E-state index >= 15 is 0 Å². The van der Waals surface area contributed by atoms with Crippen molar-refractivity contribution in [3.8, 4) is 0 Å². The largest absolute Gasteiger partial charge is 0.394 e. The highest BCUT2D eigenvalue weighted by molar-refractivity contribution is 6.52. The molecule has 1 saturated heterocycles. The Hall–Kier alpha value is -1.000. The molecule has 13 heteroatoms. The van der Waals surface area contributed by atoms with Gasteiger partial charge < -0.3 is 25.4 Å². The monoisotopic (exact) mass is 458 g/mol.